The molecule has 1 amide bonds. The molecule has 32 heavy (non-hydrogen) atoms. The minimum atomic E-state index is -0.889. The van der Waals surface area contributed by atoms with Crippen molar-refractivity contribution in [3.05, 3.63) is 106 Å². The highest BCUT2D eigenvalue weighted by molar-refractivity contribution is 9.10. The number of fused-ring (bicyclic) bond motifs is 1. The first-order valence-corrected chi connectivity index (χ1v) is 10.9. The Morgan fingerprint density at radius 2 is 1.78 bits per heavy atom. The number of aliphatic hydroxyl groups is 1. The van der Waals surface area contributed by atoms with Crippen LogP contribution < -0.4 is 4.90 Å². The quantitative estimate of drug-likeness (QED) is 0.214. The highest BCUT2D eigenvalue weighted by atomic mass is 79.9. The summed E-state index contributed by atoms with van der Waals surface area (Å²) in [6.07, 6.45) is 1.49. The Morgan fingerprint density at radius 1 is 1.00 bits per heavy atom. The topological polar surface area (TPSA) is 70.8 Å². The molecular formula is C26H18BrNO4. The number of carbonyl (C=O) groups excluding carboxylic acids is 2. The van der Waals surface area contributed by atoms with Crippen LogP contribution in [0.25, 0.3) is 16.5 Å². The molecule has 1 aliphatic rings. The minimum absolute atomic E-state index is 0.000364. The maximum Gasteiger partial charge on any atom is 0.300 e. The Kier molecular flexibility index (Phi) is 4.94. The molecule has 4 aromatic rings. The van der Waals surface area contributed by atoms with Gasteiger partial charge in [-0.3, -0.25) is 14.5 Å². The lowest BCUT2D eigenvalue weighted by molar-refractivity contribution is -0.132. The largest absolute Gasteiger partial charge is 0.507 e. The molecule has 1 fully saturated rings. The van der Waals surface area contributed by atoms with E-state index in [9.17, 15) is 14.7 Å². The number of Topliss-reactive ketones (excluding diaryl/α,β-unsaturated/α-hetero) is 1. The van der Waals surface area contributed by atoms with Gasteiger partial charge < -0.3 is 9.52 Å². The van der Waals surface area contributed by atoms with Crippen LogP contribution in [0.15, 0.2) is 93.5 Å². The number of furan rings is 1. The van der Waals surface area contributed by atoms with Gasteiger partial charge in [0.1, 0.15) is 17.6 Å². The molecule has 1 aliphatic heterocycles. The summed E-state index contributed by atoms with van der Waals surface area (Å²) in [6, 6.07) is 21.0. The van der Waals surface area contributed by atoms with E-state index in [1.165, 1.54) is 11.2 Å². The number of benzene rings is 3. The number of aryl methyl sites for hydroxylation is 1. The maximum absolute atomic E-state index is 13.3. The van der Waals surface area contributed by atoms with Gasteiger partial charge in [0.05, 0.1) is 17.5 Å². The number of carbonyl (C=O) groups is 2. The number of halogens is 1. The third-order valence-electron chi connectivity index (χ3n) is 5.71. The van der Waals surface area contributed by atoms with E-state index in [0.717, 1.165) is 20.8 Å². The molecule has 1 aromatic heterocycles. The second-order valence-corrected chi connectivity index (χ2v) is 8.50. The van der Waals surface area contributed by atoms with Gasteiger partial charge in [-0.05, 0) is 48.2 Å². The smallest absolute Gasteiger partial charge is 0.300 e. The fourth-order valence-corrected chi connectivity index (χ4v) is 4.41. The van der Waals surface area contributed by atoms with Crippen LogP contribution in [0.4, 0.5) is 5.69 Å². The van der Waals surface area contributed by atoms with Crippen LogP contribution in [0.3, 0.4) is 0 Å². The van der Waals surface area contributed by atoms with Crippen LogP contribution >= 0.6 is 15.9 Å². The number of aliphatic hydroxyl groups excluding tert-OH is 1. The molecule has 1 N–H and O–H groups in total. The van der Waals surface area contributed by atoms with Gasteiger partial charge in [-0.1, -0.05) is 58.4 Å². The highest BCUT2D eigenvalue weighted by Gasteiger charge is 2.48. The van der Waals surface area contributed by atoms with Crippen LogP contribution in [0.2, 0.25) is 0 Å². The predicted octanol–water partition coefficient (Wildman–Crippen LogP) is 6.13. The lowest BCUT2D eigenvalue weighted by Crippen LogP contribution is -2.29. The van der Waals surface area contributed by atoms with Crippen molar-refractivity contribution in [1.82, 2.24) is 0 Å². The van der Waals surface area contributed by atoms with E-state index < -0.39 is 17.7 Å². The van der Waals surface area contributed by atoms with Crippen molar-refractivity contribution in [3.8, 4) is 0 Å². The highest BCUT2D eigenvalue weighted by Crippen LogP contribution is 2.44. The van der Waals surface area contributed by atoms with Crippen molar-refractivity contribution in [1.29, 1.82) is 0 Å². The Labute approximate surface area is 192 Å². The summed E-state index contributed by atoms with van der Waals surface area (Å²) in [5.74, 6) is -1.30. The van der Waals surface area contributed by atoms with E-state index in [2.05, 4.69) is 15.9 Å². The standard InChI is InChI=1S/C26H18BrNO4/c1-15-14-17(11-12-19(15)27)24(29)22-23(21-10-5-13-32-21)28(26(31)25(22)30)20-9-4-7-16-6-2-3-8-18(16)20/h2-14,23,29H,1H3/b24-22-. The fourth-order valence-electron chi connectivity index (χ4n) is 4.16. The Balaban J connectivity index is 1.76. The SMILES string of the molecule is Cc1cc(/C(O)=C2/C(=O)C(=O)N(c3cccc4ccccc34)C2c2ccco2)ccc1Br. The van der Waals surface area contributed by atoms with Gasteiger partial charge >= 0.3 is 0 Å². The van der Waals surface area contributed by atoms with E-state index in [0.29, 0.717) is 17.0 Å². The lowest BCUT2D eigenvalue weighted by Gasteiger charge is -2.24. The van der Waals surface area contributed by atoms with E-state index in [-0.39, 0.29) is 11.3 Å². The molecular weight excluding hydrogens is 470 g/mol. The second-order valence-electron chi connectivity index (χ2n) is 7.65. The molecule has 1 atom stereocenters. The average Bonchev–Trinajstić information content (AvgIpc) is 3.42. The molecule has 2 heterocycles. The molecule has 158 valence electrons. The van der Waals surface area contributed by atoms with Crippen LogP contribution in [-0.4, -0.2) is 16.8 Å². The molecule has 1 unspecified atom stereocenters. The van der Waals surface area contributed by atoms with Gasteiger partial charge in [0.2, 0.25) is 0 Å². The van der Waals surface area contributed by atoms with E-state index in [4.69, 9.17) is 4.42 Å². The number of amides is 1. The fraction of sp³-hybridized carbons (Fsp3) is 0.0769. The molecule has 6 heteroatoms. The Hall–Kier alpha value is -3.64. The summed E-state index contributed by atoms with van der Waals surface area (Å²) >= 11 is 3.45. The predicted molar refractivity (Wildman–Crippen MR) is 126 cm³/mol. The summed E-state index contributed by atoms with van der Waals surface area (Å²) in [5.41, 5.74) is 1.93. The van der Waals surface area contributed by atoms with Crippen molar-refractivity contribution in [2.45, 2.75) is 13.0 Å². The number of ketones is 1. The second kappa shape index (κ2) is 7.80. The monoisotopic (exact) mass is 487 g/mol. The van der Waals surface area contributed by atoms with Crippen molar-refractivity contribution < 1.29 is 19.1 Å². The van der Waals surface area contributed by atoms with Gasteiger partial charge in [0.25, 0.3) is 11.7 Å². The molecule has 0 radical (unpaired) electrons. The molecule has 1 saturated heterocycles. The number of nitrogens with zero attached hydrogens (tertiary/aromatic N) is 1. The first kappa shape index (κ1) is 20.3. The normalized spacial score (nSPS) is 17.9. The van der Waals surface area contributed by atoms with Crippen molar-refractivity contribution in [2.24, 2.45) is 0 Å². The lowest BCUT2D eigenvalue weighted by atomic mass is 9.98. The zero-order valence-corrected chi connectivity index (χ0v) is 18.7. The summed E-state index contributed by atoms with van der Waals surface area (Å²) in [5, 5.41) is 13.0. The molecule has 5 rings (SSSR count). The first-order valence-electron chi connectivity index (χ1n) is 10.1. The first-order chi connectivity index (χ1) is 15.5. The van der Waals surface area contributed by atoms with Gasteiger partial charge in [0, 0.05) is 15.4 Å². The summed E-state index contributed by atoms with van der Waals surface area (Å²) in [4.78, 5) is 28.0. The Morgan fingerprint density at radius 3 is 2.53 bits per heavy atom. The van der Waals surface area contributed by atoms with Crippen LogP contribution in [0.5, 0.6) is 0 Å². The van der Waals surface area contributed by atoms with Crippen molar-refractivity contribution in [2.75, 3.05) is 4.90 Å². The van der Waals surface area contributed by atoms with Gasteiger partial charge in [-0.15, -0.1) is 0 Å². The third kappa shape index (κ3) is 3.15. The number of rotatable bonds is 3. The van der Waals surface area contributed by atoms with E-state index in [1.54, 1.807) is 36.4 Å². The molecule has 0 aliphatic carbocycles. The van der Waals surface area contributed by atoms with Crippen LogP contribution in [0.1, 0.15) is 22.9 Å². The molecule has 0 saturated carbocycles. The molecule has 3 aromatic carbocycles. The average molecular weight is 488 g/mol. The molecule has 0 spiro atoms. The minimum Gasteiger partial charge on any atom is -0.507 e. The van der Waals surface area contributed by atoms with Gasteiger partial charge in [-0.25, -0.2) is 0 Å². The maximum atomic E-state index is 13.3. The molecule has 0 bridgehead atoms. The van der Waals surface area contributed by atoms with Crippen LogP contribution in [0, 0.1) is 6.92 Å². The zero-order valence-electron chi connectivity index (χ0n) is 17.1. The van der Waals surface area contributed by atoms with Crippen molar-refractivity contribution in [3.63, 3.8) is 0 Å². The molecule has 5 nitrogen and oxygen atoms in total. The summed E-state index contributed by atoms with van der Waals surface area (Å²) in [6.45, 7) is 1.89. The Bertz CT molecular complexity index is 1400. The van der Waals surface area contributed by atoms with E-state index >= 15 is 0 Å². The number of hydrogen-bond donors (Lipinski definition) is 1. The zero-order chi connectivity index (χ0) is 22.4. The van der Waals surface area contributed by atoms with Crippen molar-refractivity contribution >= 4 is 49.8 Å². The summed E-state index contributed by atoms with van der Waals surface area (Å²) < 4.78 is 6.52. The van der Waals surface area contributed by atoms with Gasteiger partial charge in [0.15, 0.2) is 0 Å². The van der Waals surface area contributed by atoms with Crippen LogP contribution in [-0.2, 0) is 9.59 Å². The number of hydrogen-bond acceptors (Lipinski definition) is 4. The van der Waals surface area contributed by atoms with Gasteiger partial charge in [-0.2, -0.15) is 0 Å². The van der Waals surface area contributed by atoms with E-state index in [1.807, 2.05) is 43.3 Å². The third-order valence-corrected chi connectivity index (χ3v) is 6.60. The number of anilines is 1. The summed E-state index contributed by atoms with van der Waals surface area (Å²) in [7, 11) is 0.